The van der Waals surface area contributed by atoms with Gasteiger partial charge in [-0.1, -0.05) is 12.1 Å². The highest BCUT2D eigenvalue weighted by Crippen LogP contribution is 2.37. The van der Waals surface area contributed by atoms with Gasteiger partial charge in [0.15, 0.2) is 0 Å². The number of benzene rings is 1. The number of aliphatic hydroxyl groups is 1. The van der Waals surface area contributed by atoms with Crippen LogP contribution in [0.25, 0.3) is 0 Å². The van der Waals surface area contributed by atoms with Gasteiger partial charge >= 0.3 is 6.18 Å². The second-order valence-corrected chi connectivity index (χ2v) is 6.97. The van der Waals surface area contributed by atoms with E-state index in [1.807, 2.05) is 13.0 Å². The van der Waals surface area contributed by atoms with E-state index in [-0.39, 0.29) is 24.5 Å². The first-order valence-corrected chi connectivity index (χ1v) is 8.93. The molecule has 3 rings (SSSR count). The highest BCUT2D eigenvalue weighted by Gasteiger charge is 2.43. The monoisotopic (exact) mass is 404 g/mol. The Morgan fingerprint density at radius 2 is 2.07 bits per heavy atom. The van der Waals surface area contributed by atoms with Crippen LogP contribution < -0.4 is 10.2 Å². The summed E-state index contributed by atoms with van der Waals surface area (Å²) in [5, 5.41) is 22.4. The van der Waals surface area contributed by atoms with Crippen molar-refractivity contribution in [2.75, 3.05) is 16.8 Å². The third-order valence-electron chi connectivity index (χ3n) is 4.74. The van der Waals surface area contributed by atoms with Crippen molar-refractivity contribution in [1.29, 1.82) is 5.26 Å². The summed E-state index contributed by atoms with van der Waals surface area (Å²) in [6.07, 6.45) is -5.69. The van der Waals surface area contributed by atoms with Crippen LogP contribution in [0.1, 0.15) is 28.8 Å². The van der Waals surface area contributed by atoms with Crippen LogP contribution in [-0.4, -0.2) is 34.7 Å². The van der Waals surface area contributed by atoms with E-state index in [2.05, 4.69) is 10.3 Å². The molecule has 0 bridgehead atoms. The number of carbonyl (C=O) groups excluding carboxylic acids is 1. The Balaban J connectivity index is 2.01. The highest BCUT2D eigenvalue weighted by molar-refractivity contribution is 5.98. The molecule has 1 aliphatic heterocycles. The molecular formula is C20H19F3N4O2. The lowest BCUT2D eigenvalue weighted by molar-refractivity contribution is -0.137. The second kappa shape index (κ2) is 7.72. The summed E-state index contributed by atoms with van der Waals surface area (Å²) in [6, 6.07) is 8.20. The summed E-state index contributed by atoms with van der Waals surface area (Å²) in [5.41, 5.74) is -0.297. The van der Waals surface area contributed by atoms with Crippen molar-refractivity contribution in [1.82, 2.24) is 4.98 Å². The average Bonchev–Trinajstić information content (AvgIpc) is 3.01. The lowest BCUT2D eigenvalue weighted by Gasteiger charge is -2.28. The minimum atomic E-state index is -4.74. The molecule has 1 aromatic carbocycles. The number of anilines is 2. The van der Waals surface area contributed by atoms with Crippen molar-refractivity contribution in [3.63, 3.8) is 0 Å². The van der Waals surface area contributed by atoms with Crippen molar-refractivity contribution >= 4 is 17.4 Å². The number of nitrogens with zero attached hydrogens (tertiary/aromatic N) is 3. The number of hydrogen-bond donors (Lipinski definition) is 2. The van der Waals surface area contributed by atoms with E-state index in [1.54, 1.807) is 24.3 Å². The van der Waals surface area contributed by atoms with E-state index in [1.165, 1.54) is 11.8 Å². The van der Waals surface area contributed by atoms with Crippen LogP contribution in [0, 0.1) is 25.2 Å². The van der Waals surface area contributed by atoms with Crippen molar-refractivity contribution in [2.45, 2.75) is 38.6 Å². The van der Waals surface area contributed by atoms with Gasteiger partial charge < -0.3 is 15.3 Å². The summed E-state index contributed by atoms with van der Waals surface area (Å²) in [6.45, 7) is 3.32. The van der Waals surface area contributed by atoms with Gasteiger partial charge in [0.1, 0.15) is 23.5 Å². The topological polar surface area (TPSA) is 89.2 Å². The standard InChI is InChI=1S/C20H19F3N4O2/c1-11-4-3-5-13(8-11)26-19(29)17-16(28)6-7-27(17)18-14(10-24)15(20(21,22)23)9-12(2)25-18/h3-5,8-9,16-17,28H,6-7H2,1-2H3,(H,26,29)/t16-,17+/m1/s1. The van der Waals surface area contributed by atoms with Gasteiger partial charge in [0.05, 0.1) is 11.7 Å². The Bertz CT molecular complexity index is 985. The lowest BCUT2D eigenvalue weighted by Crippen LogP contribution is -2.46. The van der Waals surface area contributed by atoms with Crippen molar-refractivity contribution in [3.05, 3.63) is 52.7 Å². The maximum atomic E-state index is 13.4. The molecule has 1 saturated heterocycles. The molecule has 6 nitrogen and oxygen atoms in total. The van der Waals surface area contributed by atoms with E-state index in [4.69, 9.17) is 0 Å². The molecule has 1 aromatic heterocycles. The Hall–Kier alpha value is -3.12. The summed E-state index contributed by atoms with van der Waals surface area (Å²) in [4.78, 5) is 18.2. The lowest BCUT2D eigenvalue weighted by atomic mass is 10.1. The fourth-order valence-electron chi connectivity index (χ4n) is 3.47. The molecule has 2 aromatic rings. The minimum absolute atomic E-state index is 0.0607. The van der Waals surface area contributed by atoms with Crippen LogP contribution >= 0.6 is 0 Å². The molecule has 29 heavy (non-hydrogen) atoms. The van der Waals surface area contributed by atoms with E-state index in [9.17, 15) is 28.3 Å². The molecule has 1 aliphatic rings. The SMILES string of the molecule is Cc1cccc(NC(=O)[C@@H]2[C@H](O)CCN2c2nc(C)cc(C(F)(F)F)c2C#N)c1. The predicted molar refractivity (Wildman–Crippen MR) is 100 cm³/mol. The van der Waals surface area contributed by atoms with Gasteiger partial charge in [0.25, 0.3) is 0 Å². The Kier molecular flexibility index (Phi) is 5.48. The van der Waals surface area contributed by atoms with E-state index >= 15 is 0 Å². The number of aliphatic hydroxyl groups excluding tert-OH is 1. The quantitative estimate of drug-likeness (QED) is 0.820. The van der Waals surface area contributed by atoms with Crippen LogP contribution in [0.2, 0.25) is 0 Å². The van der Waals surface area contributed by atoms with Crippen LogP contribution in [0.3, 0.4) is 0 Å². The first-order chi connectivity index (χ1) is 13.6. The van der Waals surface area contributed by atoms with Crippen molar-refractivity contribution in [2.24, 2.45) is 0 Å². The Morgan fingerprint density at radius 1 is 1.34 bits per heavy atom. The average molecular weight is 404 g/mol. The molecule has 0 radical (unpaired) electrons. The van der Waals surface area contributed by atoms with Gasteiger partial charge in [-0.05, 0) is 44.0 Å². The van der Waals surface area contributed by atoms with Gasteiger partial charge in [-0.25, -0.2) is 4.98 Å². The smallest absolute Gasteiger partial charge is 0.390 e. The normalized spacial score (nSPS) is 19.1. The number of aromatic nitrogens is 1. The molecule has 0 saturated carbocycles. The van der Waals surface area contributed by atoms with Crippen molar-refractivity contribution in [3.8, 4) is 6.07 Å². The first kappa shape index (κ1) is 20.6. The van der Waals surface area contributed by atoms with Crippen LogP contribution in [0.15, 0.2) is 30.3 Å². The third kappa shape index (κ3) is 4.17. The van der Waals surface area contributed by atoms with Gasteiger partial charge in [0, 0.05) is 17.9 Å². The zero-order valence-electron chi connectivity index (χ0n) is 15.8. The summed E-state index contributed by atoms with van der Waals surface area (Å²) < 4.78 is 40.2. The molecule has 0 spiro atoms. The molecule has 1 fully saturated rings. The number of hydrogen-bond acceptors (Lipinski definition) is 5. The number of nitrogens with one attached hydrogen (secondary N) is 1. The second-order valence-electron chi connectivity index (χ2n) is 6.97. The molecule has 0 unspecified atom stereocenters. The summed E-state index contributed by atoms with van der Waals surface area (Å²) in [7, 11) is 0. The number of rotatable bonds is 3. The van der Waals surface area contributed by atoms with Gasteiger partial charge in [-0.2, -0.15) is 18.4 Å². The van der Waals surface area contributed by atoms with Crippen LogP contribution in [-0.2, 0) is 11.0 Å². The number of alkyl halides is 3. The molecule has 1 amide bonds. The maximum absolute atomic E-state index is 13.4. The van der Waals surface area contributed by atoms with Gasteiger partial charge in [-0.15, -0.1) is 0 Å². The molecule has 2 atom stereocenters. The number of aryl methyl sites for hydroxylation is 2. The summed E-state index contributed by atoms with van der Waals surface area (Å²) >= 11 is 0. The van der Waals surface area contributed by atoms with Gasteiger partial charge in [-0.3, -0.25) is 4.79 Å². The predicted octanol–water partition coefficient (Wildman–Crippen LogP) is 3.17. The Labute approximate surface area is 165 Å². The molecule has 2 N–H and O–H groups in total. The zero-order chi connectivity index (χ0) is 21.3. The molecule has 2 heterocycles. The molecule has 152 valence electrons. The van der Waals surface area contributed by atoms with E-state index in [0.29, 0.717) is 5.69 Å². The molecular weight excluding hydrogens is 385 g/mol. The van der Waals surface area contributed by atoms with Gasteiger partial charge in [0.2, 0.25) is 5.91 Å². The van der Waals surface area contributed by atoms with E-state index in [0.717, 1.165) is 11.6 Å². The van der Waals surface area contributed by atoms with Crippen LogP contribution in [0.5, 0.6) is 0 Å². The Morgan fingerprint density at radius 3 is 2.69 bits per heavy atom. The van der Waals surface area contributed by atoms with Crippen LogP contribution in [0.4, 0.5) is 24.7 Å². The fourth-order valence-corrected chi connectivity index (χ4v) is 3.47. The molecule has 9 heteroatoms. The highest BCUT2D eigenvalue weighted by atomic mass is 19.4. The van der Waals surface area contributed by atoms with E-state index < -0.39 is 35.4 Å². The minimum Gasteiger partial charge on any atom is -0.390 e. The maximum Gasteiger partial charge on any atom is 0.417 e. The number of pyridine rings is 1. The zero-order valence-corrected chi connectivity index (χ0v) is 15.8. The number of amides is 1. The number of halogens is 3. The number of nitriles is 1. The molecule has 0 aliphatic carbocycles. The largest absolute Gasteiger partial charge is 0.417 e. The van der Waals surface area contributed by atoms with Crippen molar-refractivity contribution < 1.29 is 23.1 Å². The fraction of sp³-hybridized carbons (Fsp3) is 0.350. The third-order valence-corrected chi connectivity index (χ3v) is 4.74. The number of carbonyl (C=O) groups is 1. The summed E-state index contributed by atoms with van der Waals surface area (Å²) in [5.74, 6) is -0.831. The first-order valence-electron chi connectivity index (χ1n) is 8.93.